The molecule has 0 radical (unpaired) electrons. The maximum absolute atomic E-state index is 12.9. The molecule has 0 heterocycles. The fourth-order valence-electron chi connectivity index (χ4n) is 1.22. The van der Waals surface area contributed by atoms with Crippen molar-refractivity contribution in [3.8, 4) is 0 Å². The average Bonchev–Trinajstić information content (AvgIpc) is 2.29. The Morgan fingerprint density at radius 2 is 2.12 bits per heavy atom. The molecule has 0 aliphatic rings. The minimum Gasteiger partial charge on any atom is -0.467 e. The maximum atomic E-state index is 12.9. The SMILES string of the molecule is COC(=O)C(O)C(O)c1cc(F)ccc1N. The van der Waals surface area contributed by atoms with Gasteiger partial charge in [-0.3, -0.25) is 0 Å². The molecule has 0 aliphatic carbocycles. The molecule has 0 saturated carbocycles. The molecule has 2 atom stereocenters. The third kappa shape index (κ3) is 2.47. The van der Waals surface area contributed by atoms with Crippen molar-refractivity contribution in [3.05, 3.63) is 29.6 Å². The number of benzene rings is 1. The molecular formula is C10H12FNO4. The Morgan fingerprint density at radius 3 is 2.69 bits per heavy atom. The Morgan fingerprint density at radius 1 is 1.50 bits per heavy atom. The Kier molecular flexibility index (Phi) is 3.81. The predicted molar refractivity (Wildman–Crippen MR) is 53.8 cm³/mol. The summed E-state index contributed by atoms with van der Waals surface area (Å²) in [6.45, 7) is 0. The topological polar surface area (TPSA) is 92.8 Å². The van der Waals surface area contributed by atoms with E-state index in [4.69, 9.17) is 5.73 Å². The van der Waals surface area contributed by atoms with Crippen molar-refractivity contribution in [2.24, 2.45) is 0 Å². The summed E-state index contributed by atoms with van der Waals surface area (Å²) in [5.41, 5.74) is 5.50. The third-order valence-corrected chi connectivity index (χ3v) is 2.11. The zero-order valence-electron chi connectivity index (χ0n) is 8.55. The van der Waals surface area contributed by atoms with Gasteiger partial charge in [-0.1, -0.05) is 0 Å². The number of rotatable bonds is 3. The monoisotopic (exact) mass is 229 g/mol. The van der Waals surface area contributed by atoms with E-state index in [0.717, 1.165) is 19.2 Å². The number of carbonyl (C=O) groups excluding carboxylic acids is 1. The van der Waals surface area contributed by atoms with Gasteiger partial charge in [0, 0.05) is 11.3 Å². The quantitative estimate of drug-likeness (QED) is 0.500. The summed E-state index contributed by atoms with van der Waals surface area (Å²) in [4.78, 5) is 11.0. The molecular weight excluding hydrogens is 217 g/mol. The first kappa shape index (κ1) is 12.4. The van der Waals surface area contributed by atoms with Crippen LogP contribution < -0.4 is 5.73 Å². The van der Waals surface area contributed by atoms with Crippen LogP contribution in [0.15, 0.2) is 18.2 Å². The normalized spacial score (nSPS) is 14.2. The largest absolute Gasteiger partial charge is 0.467 e. The molecule has 0 bridgehead atoms. The number of carbonyl (C=O) groups is 1. The van der Waals surface area contributed by atoms with Crippen LogP contribution in [0.3, 0.4) is 0 Å². The van der Waals surface area contributed by atoms with E-state index in [2.05, 4.69) is 4.74 Å². The number of hydrogen-bond donors (Lipinski definition) is 3. The predicted octanol–water partition coefficient (Wildman–Crippen LogP) is -0.0248. The lowest BCUT2D eigenvalue weighted by Gasteiger charge is -2.17. The maximum Gasteiger partial charge on any atom is 0.337 e. The van der Waals surface area contributed by atoms with Crippen LogP contribution in [0.25, 0.3) is 0 Å². The third-order valence-electron chi connectivity index (χ3n) is 2.11. The van der Waals surface area contributed by atoms with E-state index in [1.54, 1.807) is 0 Å². The van der Waals surface area contributed by atoms with Gasteiger partial charge in [0.05, 0.1) is 7.11 Å². The van der Waals surface area contributed by atoms with Gasteiger partial charge in [-0.15, -0.1) is 0 Å². The van der Waals surface area contributed by atoms with Crippen molar-refractivity contribution >= 4 is 11.7 Å². The number of methoxy groups -OCH3 is 1. The average molecular weight is 229 g/mol. The molecule has 0 aliphatic heterocycles. The van der Waals surface area contributed by atoms with Crippen molar-refractivity contribution in [2.75, 3.05) is 12.8 Å². The van der Waals surface area contributed by atoms with E-state index in [1.165, 1.54) is 6.07 Å². The second-order valence-corrected chi connectivity index (χ2v) is 3.19. The van der Waals surface area contributed by atoms with Crippen molar-refractivity contribution in [1.82, 2.24) is 0 Å². The van der Waals surface area contributed by atoms with Crippen LogP contribution in [0.4, 0.5) is 10.1 Å². The van der Waals surface area contributed by atoms with Crippen molar-refractivity contribution in [1.29, 1.82) is 0 Å². The van der Waals surface area contributed by atoms with Gasteiger partial charge in [-0.2, -0.15) is 0 Å². The molecule has 5 nitrogen and oxygen atoms in total. The molecule has 1 aromatic rings. The van der Waals surface area contributed by atoms with Crippen LogP contribution in [0.1, 0.15) is 11.7 Å². The summed E-state index contributed by atoms with van der Waals surface area (Å²) in [6.07, 6.45) is -3.42. The van der Waals surface area contributed by atoms with Gasteiger partial charge < -0.3 is 20.7 Å². The summed E-state index contributed by atoms with van der Waals surface area (Å²) in [5.74, 6) is -1.64. The number of hydrogen-bond acceptors (Lipinski definition) is 5. The number of esters is 1. The van der Waals surface area contributed by atoms with Crippen LogP contribution in [-0.4, -0.2) is 29.4 Å². The van der Waals surface area contributed by atoms with Gasteiger partial charge in [0.15, 0.2) is 6.10 Å². The van der Waals surface area contributed by atoms with Gasteiger partial charge in [0.1, 0.15) is 11.9 Å². The Bertz CT molecular complexity index is 396. The first-order chi connectivity index (χ1) is 7.47. The zero-order valence-corrected chi connectivity index (χ0v) is 8.55. The Labute approximate surface area is 91.3 Å². The van der Waals surface area contributed by atoms with E-state index in [0.29, 0.717) is 0 Å². The van der Waals surface area contributed by atoms with Gasteiger partial charge in [0.25, 0.3) is 0 Å². The molecule has 0 fully saturated rings. The molecule has 6 heteroatoms. The Hall–Kier alpha value is -1.66. The van der Waals surface area contributed by atoms with Gasteiger partial charge in [-0.25, -0.2) is 9.18 Å². The highest BCUT2D eigenvalue weighted by Crippen LogP contribution is 2.24. The number of halogens is 1. The van der Waals surface area contributed by atoms with E-state index < -0.39 is 24.0 Å². The van der Waals surface area contributed by atoms with E-state index >= 15 is 0 Å². The van der Waals surface area contributed by atoms with Gasteiger partial charge in [0.2, 0.25) is 0 Å². The van der Waals surface area contributed by atoms with Crippen LogP contribution in [0, 0.1) is 5.82 Å². The molecule has 16 heavy (non-hydrogen) atoms. The number of nitrogen functional groups attached to an aromatic ring is 1. The summed E-state index contributed by atoms with van der Waals surface area (Å²) in [6, 6.07) is 3.29. The number of aliphatic hydroxyl groups excluding tert-OH is 2. The van der Waals surface area contributed by atoms with Gasteiger partial charge in [-0.05, 0) is 18.2 Å². The Balaban J connectivity index is 2.99. The van der Waals surface area contributed by atoms with E-state index in [1.807, 2.05) is 0 Å². The summed E-state index contributed by atoms with van der Waals surface area (Å²) in [7, 11) is 1.06. The second-order valence-electron chi connectivity index (χ2n) is 3.19. The molecule has 0 amide bonds. The summed E-state index contributed by atoms with van der Waals surface area (Å²) in [5, 5.41) is 19.0. The lowest BCUT2D eigenvalue weighted by Crippen LogP contribution is -2.29. The molecule has 1 rings (SSSR count). The highest BCUT2D eigenvalue weighted by molar-refractivity contribution is 5.75. The lowest BCUT2D eigenvalue weighted by atomic mass is 10.0. The minimum absolute atomic E-state index is 0.0575. The smallest absolute Gasteiger partial charge is 0.337 e. The highest BCUT2D eigenvalue weighted by Gasteiger charge is 2.28. The van der Waals surface area contributed by atoms with Crippen LogP contribution in [0.2, 0.25) is 0 Å². The summed E-state index contributed by atoms with van der Waals surface area (Å²) < 4.78 is 17.1. The molecule has 2 unspecified atom stereocenters. The summed E-state index contributed by atoms with van der Waals surface area (Å²) >= 11 is 0. The fraction of sp³-hybridized carbons (Fsp3) is 0.300. The number of anilines is 1. The van der Waals surface area contributed by atoms with Gasteiger partial charge >= 0.3 is 5.97 Å². The fourth-order valence-corrected chi connectivity index (χ4v) is 1.22. The van der Waals surface area contributed by atoms with Crippen molar-refractivity contribution < 1.29 is 24.1 Å². The molecule has 0 aromatic heterocycles. The molecule has 88 valence electrons. The lowest BCUT2D eigenvalue weighted by molar-refractivity contribution is -0.156. The van der Waals surface area contributed by atoms with Crippen molar-refractivity contribution in [2.45, 2.75) is 12.2 Å². The highest BCUT2D eigenvalue weighted by atomic mass is 19.1. The molecule has 0 saturated heterocycles. The zero-order chi connectivity index (χ0) is 12.3. The second kappa shape index (κ2) is 4.91. The van der Waals surface area contributed by atoms with Crippen LogP contribution in [-0.2, 0) is 9.53 Å². The molecule has 4 N–H and O–H groups in total. The van der Waals surface area contributed by atoms with E-state index in [-0.39, 0.29) is 11.3 Å². The van der Waals surface area contributed by atoms with Crippen LogP contribution in [0.5, 0.6) is 0 Å². The number of aliphatic hydroxyl groups is 2. The standard InChI is InChI=1S/C10H12FNO4/c1-16-10(15)9(14)8(13)6-4-5(11)2-3-7(6)12/h2-4,8-9,13-14H,12H2,1H3. The number of ether oxygens (including phenoxy) is 1. The van der Waals surface area contributed by atoms with E-state index in [9.17, 15) is 19.4 Å². The first-order valence-corrected chi connectivity index (χ1v) is 4.46. The molecule has 1 aromatic carbocycles. The first-order valence-electron chi connectivity index (χ1n) is 4.46. The van der Waals surface area contributed by atoms with Crippen LogP contribution >= 0.6 is 0 Å². The number of nitrogens with two attached hydrogens (primary N) is 1. The van der Waals surface area contributed by atoms with Crippen molar-refractivity contribution in [3.63, 3.8) is 0 Å². The molecule has 0 spiro atoms. The minimum atomic E-state index is -1.80.